The number of fused-ring (bicyclic) bond motifs is 8. The van der Waals surface area contributed by atoms with E-state index in [1.54, 1.807) is 6.07 Å². The maximum atomic E-state index is 10.1. The van der Waals surface area contributed by atoms with Gasteiger partial charge in [-0.25, -0.2) is 0 Å². The first-order valence-electron chi connectivity index (χ1n) is 13.1. The van der Waals surface area contributed by atoms with Gasteiger partial charge in [0, 0.05) is 52.8 Å². The van der Waals surface area contributed by atoms with Gasteiger partial charge in [-0.15, -0.1) is 6.58 Å². The van der Waals surface area contributed by atoms with Crippen LogP contribution in [0.3, 0.4) is 0 Å². The quantitative estimate of drug-likeness (QED) is 0.340. The van der Waals surface area contributed by atoms with Crippen molar-refractivity contribution in [1.82, 2.24) is 19.8 Å². The second-order valence-corrected chi connectivity index (χ2v) is 10.9. The lowest BCUT2D eigenvalue weighted by atomic mass is 9.74. The fraction of sp³-hybridized carbons (Fsp3) is 0.400. The lowest BCUT2D eigenvalue weighted by molar-refractivity contribution is 0.0515. The summed E-state index contributed by atoms with van der Waals surface area (Å²) in [7, 11) is 2.29. The van der Waals surface area contributed by atoms with E-state index < -0.39 is 0 Å². The van der Waals surface area contributed by atoms with Crippen molar-refractivity contribution in [3.05, 3.63) is 77.6 Å². The minimum Gasteiger partial charge on any atom is -0.508 e. The van der Waals surface area contributed by atoms with Gasteiger partial charge < -0.3 is 15.1 Å². The summed E-state index contributed by atoms with van der Waals surface area (Å²) in [6.07, 6.45) is 6.65. The molecule has 5 nitrogen and oxygen atoms in total. The molecule has 1 saturated heterocycles. The Hall–Kier alpha value is -3.02. The molecule has 3 aliphatic heterocycles. The molecule has 0 spiro atoms. The van der Waals surface area contributed by atoms with Crippen molar-refractivity contribution >= 4 is 21.8 Å². The molecule has 0 radical (unpaired) electrons. The summed E-state index contributed by atoms with van der Waals surface area (Å²) in [4.78, 5) is 12.8. The largest absolute Gasteiger partial charge is 0.508 e. The lowest BCUT2D eigenvalue weighted by Crippen LogP contribution is -2.46. The standard InChI is InChI=1S/C30H34N4O/c1-3-18-17-34-13-11-23-24-16-20(35)8-9-26(24)32-30(23)28(34)15-19(18)14-27-29-22(10-12-33(27)2)21-6-4-5-7-25(21)31-29/h3-9,16,18-19,27-28,31-32,35H,1,10-15,17H2,2H3/t18-,19-,27+,28-/m0/s1. The van der Waals surface area contributed by atoms with Crippen molar-refractivity contribution in [3.63, 3.8) is 0 Å². The van der Waals surface area contributed by atoms with E-state index in [9.17, 15) is 5.11 Å². The first-order valence-corrected chi connectivity index (χ1v) is 13.1. The third kappa shape index (κ3) is 3.29. The lowest BCUT2D eigenvalue weighted by Gasteiger charge is -2.47. The summed E-state index contributed by atoms with van der Waals surface area (Å²) in [5.41, 5.74) is 8.13. The van der Waals surface area contributed by atoms with E-state index in [-0.39, 0.29) is 0 Å². The predicted molar refractivity (Wildman–Crippen MR) is 142 cm³/mol. The van der Waals surface area contributed by atoms with Crippen molar-refractivity contribution in [3.8, 4) is 5.75 Å². The van der Waals surface area contributed by atoms with E-state index in [1.165, 1.54) is 38.8 Å². The number of benzene rings is 2. The molecule has 2 aromatic carbocycles. The number of H-pyrrole nitrogens is 2. The van der Waals surface area contributed by atoms with Gasteiger partial charge in [-0.05, 0) is 80.0 Å². The molecule has 7 rings (SSSR count). The van der Waals surface area contributed by atoms with Gasteiger partial charge >= 0.3 is 0 Å². The summed E-state index contributed by atoms with van der Waals surface area (Å²) in [5, 5.41) is 12.7. The summed E-state index contributed by atoms with van der Waals surface area (Å²) < 4.78 is 0. The van der Waals surface area contributed by atoms with Gasteiger partial charge in [-0.2, -0.15) is 0 Å². The van der Waals surface area contributed by atoms with Crippen LogP contribution in [-0.2, 0) is 12.8 Å². The van der Waals surface area contributed by atoms with Gasteiger partial charge in [0.2, 0.25) is 0 Å². The van der Waals surface area contributed by atoms with Crippen LogP contribution in [0.2, 0.25) is 0 Å². The molecule has 0 saturated carbocycles. The van der Waals surface area contributed by atoms with Crippen molar-refractivity contribution in [2.24, 2.45) is 11.8 Å². The van der Waals surface area contributed by atoms with Gasteiger partial charge in [0.15, 0.2) is 0 Å². The first-order chi connectivity index (χ1) is 17.1. The Morgan fingerprint density at radius 3 is 2.66 bits per heavy atom. The number of hydrogen-bond donors (Lipinski definition) is 3. The topological polar surface area (TPSA) is 58.3 Å². The molecule has 3 N–H and O–H groups in total. The summed E-state index contributed by atoms with van der Waals surface area (Å²) in [6.45, 7) is 7.53. The zero-order valence-electron chi connectivity index (χ0n) is 20.4. The van der Waals surface area contributed by atoms with Crippen LogP contribution in [0.4, 0.5) is 0 Å². The number of rotatable bonds is 3. The number of piperidine rings is 1. The third-order valence-corrected chi connectivity index (χ3v) is 9.18. The molecule has 0 amide bonds. The van der Waals surface area contributed by atoms with Crippen LogP contribution in [0.15, 0.2) is 55.1 Å². The van der Waals surface area contributed by atoms with Crippen molar-refractivity contribution in [2.45, 2.75) is 37.8 Å². The maximum absolute atomic E-state index is 10.1. The molecule has 1 fully saturated rings. The number of phenolic OH excluding ortho intramolecular Hbond substituents is 1. The molecule has 4 atom stereocenters. The maximum Gasteiger partial charge on any atom is 0.116 e. The number of likely N-dealkylation sites (N-methyl/N-ethyl adjacent to an activating group) is 1. The van der Waals surface area contributed by atoms with Crippen molar-refractivity contribution < 1.29 is 5.11 Å². The minimum absolute atomic E-state index is 0.351. The van der Waals surface area contributed by atoms with Crippen LogP contribution < -0.4 is 0 Å². The van der Waals surface area contributed by atoms with Crippen LogP contribution in [0.25, 0.3) is 21.8 Å². The highest BCUT2D eigenvalue weighted by molar-refractivity contribution is 5.86. The monoisotopic (exact) mass is 466 g/mol. The Bertz CT molecular complexity index is 1430. The number of hydrogen-bond acceptors (Lipinski definition) is 3. The number of nitrogens with one attached hydrogen (secondary N) is 2. The molecule has 35 heavy (non-hydrogen) atoms. The average Bonchev–Trinajstić information content (AvgIpc) is 3.43. The molecule has 4 aromatic rings. The van der Waals surface area contributed by atoms with Gasteiger partial charge in [-0.1, -0.05) is 24.3 Å². The molecule has 3 aliphatic rings. The van der Waals surface area contributed by atoms with E-state index >= 15 is 0 Å². The summed E-state index contributed by atoms with van der Waals surface area (Å²) >= 11 is 0. The Labute approximate surface area is 206 Å². The van der Waals surface area contributed by atoms with Gasteiger partial charge in [0.05, 0.1) is 12.1 Å². The van der Waals surface area contributed by atoms with E-state index in [0.29, 0.717) is 29.7 Å². The molecule has 2 aromatic heterocycles. The molecule has 5 heterocycles. The number of para-hydroxylation sites is 1. The summed E-state index contributed by atoms with van der Waals surface area (Å²) in [6, 6.07) is 15.3. The Balaban J connectivity index is 1.23. The zero-order valence-corrected chi connectivity index (χ0v) is 20.4. The fourth-order valence-electron chi connectivity index (χ4n) is 7.33. The van der Waals surface area contributed by atoms with Crippen LogP contribution in [-0.4, -0.2) is 51.6 Å². The van der Waals surface area contributed by atoms with Crippen LogP contribution in [0, 0.1) is 11.8 Å². The molecule has 5 heteroatoms. The van der Waals surface area contributed by atoms with Gasteiger partial charge in [0.1, 0.15) is 5.75 Å². The second-order valence-electron chi connectivity index (χ2n) is 10.9. The smallest absolute Gasteiger partial charge is 0.116 e. The van der Waals surface area contributed by atoms with Crippen LogP contribution in [0.1, 0.15) is 47.4 Å². The average molecular weight is 467 g/mol. The van der Waals surface area contributed by atoms with E-state index in [4.69, 9.17) is 0 Å². The third-order valence-electron chi connectivity index (χ3n) is 9.18. The molecule has 0 bridgehead atoms. The highest BCUT2D eigenvalue weighted by atomic mass is 16.3. The highest BCUT2D eigenvalue weighted by Crippen LogP contribution is 2.47. The normalized spacial score (nSPS) is 27.0. The van der Waals surface area contributed by atoms with E-state index in [0.717, 1.165) is 50.8 Å². The number of phenols is 1. The van der Waals surface area contributed by atoms with Crippen LogP contribution in [0.5, 0.6) is 5.75 Å². The minimum atomic E-state index is 0.351. The fourth-order valence-corrected chi connectivity index (χ4v) is 7.33. The molecular weight excluding hydrogens is 432 g/mol. The first kappa shape index (κ1) is 21.3. The Kier molecular flexibility index (Phi) is 4.87. The number of aromatic amines is 2. The highest BCUT2D eigenvalue weighted by Gasteiger charge is 2.41. The molecule has 0 unspecified atom stereocenters. The Morgan fingerprint density at radius 1 is 1.00 bits per heavy atom. The predicted octanol–water partition coefficient (Wildman–Crippen LogP) is 5.70. The van der Waals surface area contributed by atoms with E-state index in [1.807, 2.05) is 12.1 Å². The summed E-state index contributed by atoms with van der Waals surface area (Å²) in [5.74, 6) is 1.43. The Morgan fingerprint density at radius 2 is 1.77 bits per heavy atom. The molecule has 180 valence electrons. The number of aromatic nitrogens is 2. The molecular formula is C30H34N4O. The van der Waals surface area contributed by atoms with Gasteiger partial charge in [0.25, 0.3) is 0 Å². The van der Waals surface area contributed by atoms with Gasteiger partial charge in [-0.3, -0.25) is 9.80 Å². The zero-order chi connectivity index (χ0) is 23.7. The molecule has 0 aliphatic carbocycles. The number of aromatic hydroxyl groups is 1. The number of nitrogens with zero attached hydrogens (tertiary/aromatic N) is 2. The van der Waals surface area contributed by atoms with Crippen molar-refractivity contribution in [1.29, 1.82) is 0 Å². The van der Waals surface area contributed by atoms with Crippen molar-refractivity contribution in [2.75, 3.05) is 26.7 Å². The van der Waals surface area contributed by atoms with Crippen LogP contribution >= 0.6 is 0 Å². The SMILES string of the molecule is C=C[C@H]1CN2CCc3c([nH]c4ccc(O)cc34)[C@@H]2C[C@@H]1C[C@@H]1c2[nH]c3ccccc3c2CCN1C. The van der Waals surface area contributed by atoms with E-state index in [2.05, 4.69) is 63.7 Å². The second kappa shape index (κ2) is 8.00.